The molecule has 1 aliphatic rings. The van der Waals surface area contributed by atoms with Crippen molar-refractivity contribution in [2.75, 3.05) is 24.3 Å². The maximum Gasteiger partial charge on any atom is 0.221 e. The minimum atomic E-state index is -0.314. The third-order valence-electron chi connectivity index (χ3n) is 4.28. The lowest BCUT2D eigenvalue weighted by molar-refractivity contribution is -0.114. The number of carbonyl (C=O) groups is 1. The molecular weight excluding hydrogens is 328 g/mol. The molecule has 6 nitrogen and oxygen atoms in total. The normalized spacial score (nSPS) is 15.5. The summed E-state index contributed by atoms with van der Waals surface area (Å²) in [6, 6.07) is 15.4. The highest BCUT2D eigenvalue weighted by Crippen LogP contribution is 2.43. The summed E-state index contributed by atoms with van der Waals surface area (Å²) in [5, 5.41) is 12.3. The van der Waals surface area contributed by atoms with E-state index >= 15 is 0 Å². The highest BCUT2D eigenvalue weighted by molar-refractivity contribution is 5.88. The Hall–Kier alpha value is -3.46. The third kappa shape index (κ3) is 3.20. The number of nitrogens with two attached hydrogens (primary N) is 1. The number of ether oxygens (including phenoxy) is 1. The molecule has 1 aliphatic heterocycles. The fourth-order valence-electron chi connectivity index (χ4n) is 3.03. The van der Waals surface area contributed by atoms with Crippen molar-refractivity contribution >= 4 is 17.3 Å². The molecule has 3 rings (SSSR count). The van der Waals surface area contributed by atoms with E-state index in [-0.39, 0.29) is 17.7 Å². The quantitative estimate of drug-likeness (QED) is 0.890. The Kier molecular flexibility index (Phi) is 4.55. The zero-order valence-electron chi connectivity index (χ0n) is 14.9. The second kappa shape index (κ2) is 6.81. The highest BCUT2D eigenvalue weighted by atomic mass is 16.5. The van der Waals surface area contributed by atoms with Crippen molar-refractivity contribution in [2.24, 2.45) is 5.73 Å². The first-order valence-corrected chi connectivity index (χ1v) is 8.17. The Morgan fingerprint density at radius 1 is 1.23 bits per heavy atom. The summed E-state index contributed by atoms with van der Waals surface area (Å²) < 4.78 is 5.71. The first-order valence-electron chi connectivity index (χ1n) is 8.17. The van der Waals surface area contributed by atoms with Gasteiger partial charge in [0.05, 0.1) is 5.92 Å². The van der Waals surface area contributed by atoms with E-state index in [9.17, 15) is 10.1 Å². The summed E-state index contributed by atoms with van der Waals surface area (Å²) in [5.41, 5.74) is 9.87. The van der Waals surface area contributed by atoms with Crippen molar-refractivity contribution in [3.63, 3.8) is 0 Å². The predicted octanol–water partition coefficient (Wildman–Crippen LogP) is 2.93. The molecule has 0 spiro atoms. The number of amides is 1. The summed E-state index contributed by atoms with van der Waals surface area (Å²) in [6.45, 7) is 1.46. The van der Waals surface area contributed by atoms with Gasteiger partial charge in [-0.25, -0.2) is 0 Å². The molecule has 0 fully saturated rings. The van der Waals surface area contributed by atoms with Gasteiger partial charge >= 0.3 is 0 Å². The SMILES string of the molecule is CC(=O)Nc1ccc([C@H]2C(C#N)=C(N)Oc3cc(N(C)C)ccc32)cc1. The largest absolute Gasteiger partial charge is 0.440 e. The molecule has 2 aromatic rings. The summed E-state index contributed by atoms with van der Waals surface area (Å²) in [4.78, 5) is 13.2. The van der Waals surface area contributed by atoms with Gasteiger partial charge in [0, 0.05) is 44.0 Å². The number of hydrogen-bond donors (Lipinski definition) is 2. The number of rotatable bonds is 3. The molecule has 0 aliphatic carbocycles. The fraction of sp³-hybridized carbons (Fsp3) is 0.200. The predicted molar refractivity (Wildman–Crippen MR) is 101 cm³/mol. The van der Waals surface area contributed by atoms with Crippen molar-refractivity contribution in [1.29, 1.82) is 5.26 Å². The monoisotopic (exact) mass is 348 g/mol. The van der Waals surface area contributed by atoms with Gasteiger partial charge in [0.2, 0.25) is 11.8 Å². The standard InChI is InChI=1S/C20H20N4O2/c1-12(25)23-14-6-4-13(5-7-14)19-16-9-8-15(24(2)3)10-18(16)26-20(22)17(19)11-21/h4-10,19H,22H2,1-3H3,(H,23,25)/t19-/m1/s1. The van der Waals surface area contributed by atoms with Gasteiger partial charge in [-0.15, -0.1) is 0 Å². The van der Waals surface area contributed by atoms with E-state index in [0.29, 0.717) is 17.0 Å². The van der Waals surface area contributed by atoms with Crippen LogP contribution in [0.4, 0.5) is 11.4 Å². The van der Waals surface area contributed by atoms with E-state index in [0.717, 1.165) is 16.8 Å². The van der Waals surface area contributed by atoms with Gasteiger partial charge in [0.15, 0.2) is 0 Å². The van der Waals surface area contributed by atoms with Crippen LogP contribution in [0, 0.1) is 11.3 Å². The van der Waals surface area contributed by atoms with E-state index in [4.69, 9.17) is 10.5 Å². The number of allylic oxidation sites excluding steroid dienone is 1. The van der Waals surface area contributed by atoms with Crippen LogP contribution in [0.2, 0.25) is 0 Å². The lowest BCUT2D eigenvalue weighted by Crippen LogP contribution is -2.21. The number of hydrogen-bond acceptors (Lipinski definition) is 5. The summed E-state index contributed by atoms with van der Waals surface area (Å²) in [5.74, 6) is 0.314. The average Bonchev–Trinajstić information content (AvgIpc) is 2.60. The molecule has 0 unspecified atom stereocenters. The van der Waals surface area contributed by atoms with Crippen LogP contribution in [0.5, 0.6) is 5.75 Å². The van der Waals surface area contributed by atoms with Crippen LogP contribution in [-0.4, -0.2) is 20.0 Å². The van der Waals surface area contributed by atoms with Crippen molar-refractivity contribution in [3.8, 4) is 11.8 Å². The number of nitriles is 1. The van der Waals surface area contributed by atoms with E-state index in [2.05, 4.69) is 11.4 Å². The zero-order chi connectivity index (χ0) is 18.8. The lowest BCUT2D eigenvalue weighted by Gasteiger charge is -2.27. The van der Waals surface area contributed by atoms with Crippen LogP contribution in [0.25, 0.3) is 0 Å². The first-order chi connectivity index (χ1) is 12.4. The third-order valence-corrected chi connectivity index (χ3v) is 4.28. The Morgan fingerprint density at radius 3 is 2.50 bits per heavy atom. The van der Waals surface area contributed by atoms with Crippen molar-refractivity contribution in [2.45, 2.75) is 12.8 Å². The Labute approximate surface area is 152 Å². The molecule has 0 saturated heterocycles. The fourth-order valence-corrected chi connectivity index (χ4v) is 3.03. The van der Waals surface area contributed by atoms with Gasteiger partial charge in [0.1, 0.15) is 17.4 Å². The van der Waals surface area contributed by atoms with E-state index in [1.54, 1.807) is 0 Å². The first kappa shape index (κ1) is 17.4. The van der Waals surface area contributed by atoms with E-state index in [1.807, 2.05) is 61.5 Å². The van der Waals surface area contributed by atoms with Gasteiger partial charge in [-0.05, 0) is 23.8 Å². The topological polar surface area (TPSA) is 91.4 Å². The maximum atomic E-state index is 11.2. The van der Waals surface area contributed by atoms with Crippen molar-refractivity contribution < 1.29 is 9.53 Å². The summed E-state index contributed by atoms with van der Waals surface area (Å²) in [7, 11) is 3.89. The van der Waals surface area contributed by atoms with Crippen LogP contribution in [-0.2, 0) is 4.79 Å². The van der Waals surface area contributed by atoms with E-state index < -0.39 is 0 Å². The number of fused-ring (bicyclic) bond motifs is 1. The molecule has 1 amide bonds. The van der Waals surface area contributed by atoms with E-state index in [1.165, 1.54) is 6.92 Å². The summed E-state index contributed by atoms with van der Waals surface area (Å²) >= 11 is 0. The van der Waals surface area contributed by atoms with Crippen LogP contribution in [0.1, 0.15) is 24.0 Å². The number of nitrogens with one attached hydrogen (secondary N) is 1. The van der Waals surface area contributed by atoms with Crippen LogP contribution < -0.4 is 20.7 Å². The lowest BCUT2D eigenvalue weighted by atomic mass is 9.83. The van der Waals surface area contributed by atoms with Crippen molar-refractivity contribution in [3.05, 3.63) is 65.0 Å². The Bertz CT molecular complexity index is 924. The maximum absolute atomic E-state index is 11.2. The minimum Gasteiger partial charge on any atom is -0.440 e. The molecule has 132 valence electrons. The van der Waals surface area contributed by atoms with Gasteiger partial charge in [-0.2, -0.15) is 5.26 Å². The second-order valence-electron chi connectivity index (χ2n) is 6.34. The molecule has 0 aromatic heterocycles. The Balaban J connectivity index is 2.07. The molecule has 1 atom stereocenters. The number of anilines is 2. The zero-order valence-corrected chi connectivity index (χ0v) is 14.9. The molecule has 26 heavy (non-hydrogen) atoms. The van der Waals surface area contributed by atoms with Gasteiger partial charge in [-0.1, -0.05) is 18.2 Å². The molecule has 0 radical (unpaired) electrons. The van der Waals surface area contributed by atoms with Crippen molar-refractivity contribution in [1.82, 2.24) is 0 Å². The molecule has 0 bridgehead atoms. The number of nitrogens with zero attached hydrogens (tertiary/aromatic N) is 2. The molecule has 1 heterocycles. The van der Waals surface area contributed by atoms with Gasteiger partial charge in [-0.3, -0.25) is 4.79 Å². The smallest absolute Gasteiger partial charge is 0.221 e. The van der Waals surface area contributed by atoms with Crippen LogP contribution in [0.15, 0.2) is 53.9 Å². The minimum absolute atomic E-state index is 0.117. The second-order valence-corrected chi connectivity index (χ2v) is 6.34. The van der Waals surface area contributed by atoms with Crippen LogP contribution >= 0.6 is 0 Å². The molecule has 3 N–H and O–H groups in total. The molecule has 6 heteroatoms. The Morgan fingerprint density at radius 2 is 1.92 bits per heavy atom. The molecule has 2 aromatic carbocycles. The van der Waals surface area contributed by atoms with Gasteiger partial charge < -0.3 is 20.7 Å². The number of benzene rings is 2. The molecular formula is C20H20N4O2. The highest BCUT2D eigenvalue weighted by Gasteiger charge is 2.30. The summed E-state index contributed by atoms with van der Waals surface area (Å²) in [6.07, 6.45) is 0. The average molecular weight is 348 g/mol. The van der Waals surface area contributed by atoms with Gasteiger partial charge in [0.25, 0.3) is 0 Å². The molecule has 0 saturated carbocycles. The number of carbonyl (C=O) groups excluding carboxylic acids is 1. The van der Waals surface area contributed by atoms with Crippen LogP contribution in [0.3, 0.4) is 0 Å².